The number of carbonyl (C=O) groups excluding carboxylic acids is 1. The minimum atomic E-state index is 0.0437. The van der Waals surface area contributed by atoms with Gasteiger partial charge in [-0.15, -0.1) is 0 Å². The van der Waals surface area contributed by atoms with Gasteiger partial charge >= 0.3 is 0 Å². The van der Waals surface area contributed by atoms with E-state index in [1.54, 1.807) is 0 Å². The first-order valence-electron chi connectivity index (χ1n) is 5.56. The van der Waals surface area contributed by atoms with E-state index >= 15 is 0 Å². The van der Waals surface area contributed by atoms with Gasteiger partial charge in [0.05, 0.1) is 5.69 Å². The zero-order valence-electron chi connectivity index (χ0n) is 9.53. The van der Waals surface area contributed by atoms with Crippen LogP contribution in [0.5, 0.6) is 0 Å². The highest BCUT2D eigenvalue weighted by molar-refractivity contribution is 5.98. The van der Waals surface area contributed by atoms with Gasteiger partial charge in [0, 0.05) is 12.6 Å². The number of hydrogen-bond acceptors (Lipinski definition) is 2. The molecule has 3 heteroatoms. The molecule has 2 aromatic rings. The molecule has 0 atom stereocenters. The molecule has 0 spiro atoms. The Labute approximate surface area is 94.1 Å². The molecule has 82 valence electrons. The second-order valence-electron chi connectivity index (χ2n) is 5.28. The Morgan fingerprint density at radius 2 is 2.12 bits per heavy atom. The summed E-state index contributed by atoms with van der Waals surface area (Å²) >= 11 is 0. The summed E-state index contributed by atoms with van der Waals surface area (Å²) in [5.74, 6) is 0.213. The largest absolute Gasteiger partial charge is 0.297 e. The van der Waals surface area contributed by atoms with E-state index in [2.05, 4.69) is 18.8 Å². The van der Waals surface area contributed by atoms with E-state index in [1.165, 1.54) is 0 Å². The fourth-order valence-electron chi connectivity index (χ4n) is 2.50. The standard InChI is InChI=1S/C13H14N2O/c1-13(2)7-9-12(10(16)8-13)15-6-4-3-5-11(15)14-9/h3-6H,7-8H2,1-2H3. The number of imidazole rings is 1. The number of rotatable bonds is 0. The molecule has 3 nitrogen and oxygen atoms in total. The fourth-order valence-corrected chi connectivity index (χ4v) is 2.50. The second kappa shape index (κ2) is 2.94. The van der Waals surface area contributed by atoms with E-state index in [0.29, 0.717) is 6.42 Å². The summed E-state index contributed by atoms with van der Waals surface area (Å²) in [5, 5.41) is 0. The van der Waals surface area contributed by atoms with Gasteiger partial charge in [-0.25, -0.2) is 4.98 Å². The minimum Gasteiger partial charge on any atom is -0.297 e. The van der Waals surface area contributed by atoms with Crippen LogP contribution in [0.1, 0.15) is 36.5 Å². The third kappa shape index (κ3) is 1.28. The van der Waals surface area contributed by atoms with Gasteiger partial charge in [0.2, 0.25) is 0 Å². The number of aromatic nitrogens is 2. The van der Waals surface area contributed by atoms with Gasteiger partial charge in [0.25, 0.3) is 0 Å². The van der Waals surface area contributed by atoms with E-state index in [4.69, 9.17) is 0 Å². The van der Waals surface area contributed by atoms with E-state index in [1.807, 2.05) is 28.8 Å². The molecule has 2 aromatic heterocycles. The van der Waals surface area contributed by atoms with Crippen LogP contribution in [0.15, 0.2) is 24.4 Å². The summed E-state index contributed by atoms with van der Waals surface area (Å²) in [6.45, 7) is 4.25. The predicted molar refractivity (Wildman–Crippen MR) is 61.6 cm³/mol. The molecule has 16 heavy (non-hydrogen) atoms. The maximum absolute atomic E-state index is 12.1. The van der Waals surface area contributed by atoms with Crippen LogP contribution in [0.3, 0.4) is 0 Å². The van der Waals surface area contributed by atoms with Crippen molar-refractivity contribution in [3.63, 3.8) is 0 Å². The second-order valence-corrected chi connectivity index (χ2v) is 5.28. The lowest BCUT2D eigenvalue weighted by molar-refractivity contribution is 0.0905. The molecule has 0 bridgehead atoms. The van der Waals surface area contributed by atoms with Crippen molar-refractivity contribution in [1.82, 2.24) is 9.38 Å². The van der Waals surface area contributed by atoms with Crippen LogP contribution in [0.2, 0.25) is 0 Å². The Bertz CT molecular complexity index is 581. The number of carbonyl (C=O) groups is 1. The fraction of sp³-hybridized carbons (Fsp3) is 0.385. The van der Waals surface area contributed by atoms with E-state index in [-0.39, 0.29) is 11.2 Å². The van der Waals surface area contributed by atoms with Gasteiger partial charge in [-0.3, -0.25) is 9.20 Å². The van der Waals surface area contributed by atoms with Crippen LogP contribution in [-0.4, -0.2) is 15.2 Å². The quantitative estimate of drug-likeness (QED) is 0.675. The third-order valence-corrected chi connectivity index (χ3v) is 3.15. The summed E-state index contributed by atoms with van der Waals surface area (Å²) < 4.78 is 1.91. The molecule has 0 amide bonds. The van der Waals surface area contributed by atoms with E-state index in [0.717, 1.165) is 23.5 Å². The molecular formula is C13H14N2O. The molecule has 0 aliphatic heterocycles. The van der Waals surface area contributed by atoms with Crippen molar-refractivity contribution in [2.45, 2.75) is 26.7 Å². The van der Waals surface area contributed by atoms with Gasteiger partial charge in [0.1, 0.15) is 11.3 Å². The summed E-state index contributed by atoms with van der Waals surface area (Å²) in [7, 11) is 0. The van der Waals surface area contributed by atoms with Crippen molar-refractivity contribution < 1.29 is 4.79 Å². The monoisotopic (exact) mass is 214 g/mol. The number of pyridine rings is 1. The molecule has 3 rings (SSSR count). The highest BCUT2D eigenvalue weighted by Gasteiger charge is 2.34. The number of fused-ring (bicyclic) bond motifs is 3. The molecule has 2 heterocycles. The van der Waals surface area contributed by atoms with Gasteiger partial charge in [-0.05, 0) is 24.0 Å². The van der Waals surface area contributed by atoms with E-state index < -0.39 is 0 Å². The van der Waals surface area contributed by atoms with Crippen molar-refractivity contribution in [2.75, 3.05) is 0 Å². The molecule has 0 unspecified atom stereocenters. The van der Waals surface area contributed by atoms with Crippen LogP contribution in [-0.2, 0) is 6.42 Å². The number of nitrogens with zero attached hydrogens (tertiary/aromatic N) is 2. The van der Waals surface area contributed by atoms with Crippen molar-refractivity contribution in [2.24, 2.45) is 5.41 Å². The zero-order valence-corrected chi connectivity index (χ0v) is 9.53. The lowest BCUT2D eigenvalue weighted by atomic mass is 9.77. The molecule has 0 radical (unpaired) electrons. The van der Waals surface area contributed by atoms with Crippen LogP contribution in [0.25, 0.3) is 5.65 Å². The molecule has 0 saturated heterocycles. The van der Waals surface area contributed by atoms with Crippen LogP contribution < -0.4 is 0 Å². The van der Waals surface area contributed by atoms with Crippen molar-refractivity contribution >= 4 is 11.4 Å². The summed E-state index contributed by atoms with van der Waals surface area (Å²) in [4.78, 5) is 16.7. The molecule has 0 aromatic carbocycles. The first-order chi connectivity index (χ1) is 7.57. The minimum absolute atomic E-state index is 0.0437. The van der Waals surface area contributed by atoms with Crippen molar-refractivity contribution in [3.05, 3.63) is 35.8 Å². The van der Waals surface area contributed by atoms with Gasteiger partial charge in [0.15, 0.2) is 5.78 Å². The zero-order chi connectivity index (χ0) is 11.3. The van der Waals surface area contributed by atoms with E-state index in [9.17, 15) is 4.79 Å². The summed E-state index contributed by atoms with van der Waals surface area (Å²) in [6.07, 6.45) is 3.41. The lowest BCUT2D eigenvalue weighted by Gasteiger charge is -2.27. The Morgan fingerprint density at radius 3 is 2.94 bits per heavy atom. The number of Topliss-reactive ketones (excluding diaryl/α,β-unsaturated/α-hetero) is 1. The number of hydrogen-bond donors (Lipinski definition) is 0. The Morgan fingerprint density at radius 1 is 1.31 bits per heavy atom. The average Bonchev–Trinajstić information content (AvgIpc) is 2.52. The van der Waals surface area contributed by atoms with Gasteiger partial charge in [-0.1, -0.05) is 19.9 Å². The van der Waals surface area contributed by atoms with Crippen molar-refractivity contribution in [1.29, 1.82) is 0 Å². The summed E-state index contributed by atoms with van der Waals surface area (Å²) in [6, 6.07) is 5.82. The average molecular weight is 214 g/mol. The number of ketones is 1. The first-order valence-corrected chi connectivity index (χ1v) is 5.56. The highest BCUT2D eigenvalue weighted by Crippen LogP contribution is 2.34. The molecule has 0 N–H and O–H groups in total. The van der Waals surface area contributed by atoms with Gasteiger partial charge in [-0.2, -0.15) is 0 Å². The molecule has 0 saturated carbocycles. The predicted octanol–water partition coefficient (Wildman–Crippen LogP) is 2.49. The molecular weight excluding hydrogens is 200 g/mol. The van der Waals surface area contributed by atoms with Crippen molar-refractivity contribution in [3.8, 4) is 0 Å². The maximum atomic E-state index is 12.1. The smallest absolute Gasteiger partial charge is 0.182 e. The highest BCUT2D eigenvalue weighted by atomic mass is 16.1. The van der Waals surface area contributed by atoms with Crippen LogP contribution in [0, 0.1) is 5.41 Å². The van der Waals surface area contributed by atoms with Gasteiger partial charge < -0.3 is 0 Å². The Hall–Kier alpha value is -1.64. The SMILES string of the molecule is CC1(C)CC(=O)c2c(nc3ccccn23)C1. The lowest BCUT2D eigenvalue weighted by Crippen LogP contribution is -2.27. The molecule has 1 aliphatic carbocycles. The van der Waals surface area contributed by atoms with Crippen LogP contribution in [0.4, 0.5) is 0 Å². The molecule has 1 aliphatic rings. The maximum Gasteiger partial charge on any atom is 0.182 e. The molecule has 0 fully saturated rings. The van der Waals surface area contributed by atoms with Crippen LogP contribution >= 0.6 is 0 Å². The third-order valence-electron chi connectivity index (χ3n) is 3.15. The summed E-state index contributed by atoms with van der Waals surface area (Å²) in [5.41, 5.74) is 2.66. The normalized spacial score (nSPS) is 18.8. The topological polar surface area (TPSA) is 34.4 Å². The Balaban J connectivity index is 2.29. The first kappa shape index (κ1) is 9.58. The Kier molecular flexibility index (Phi) is 1.76.